The highest BCUT2D eigenvalue weighted by Crippen LogP contribution is 2.60. The molecule has 0 aromatic carbocycles. The van der Waals surface area contributed by atoms with Gasteiger partial charge in [0.2, 0.25) is 0 Å². The molecule has 0 bridgehead atoms. The summed E-state index contributed by atoms with van der Waals surface area (Å²) in [6, 6.07) is -0.558. The van der Waals surface area contributed by atoms with Crippen molar-refractivity contribution in [2.24, 2.45) is 5.41 Å². The van der Waals surface area contributed by atoms with Crippen LogP contribution in [0.4, 0.5) is 4.79 Å². The van der Waals surface area contributed by atoms with Crippen LogP contribution in [0.2, 0.25) is 0 Å². The Morgan fingerprint density at radius 2 is 2.08 bits per heavy atom. The molecule has 25 heavy (non-hydrogen) atoms. The van der Waals surface area contributed by atoms with Crippen LogP contribution in [0.1, 0.15) is 46.2 Å². The Morgan fingerprint density at radius 1 is 1.36 bits per heavy atom. The SMILES string of the molecule is CCOC(=O)C1C[C@@]2(Cn3cnc(C)c3)C[C@H]2N1C(=O)OC(C)(C)C. The van der Waals surface area contributed by atoms with Gasteiger partial charge >= 0.3 is 12.1 Å². The highest BCUT2D eigenvalue weighted by atomic mass is 16.6. The molecule has 3 rings (SSSR count). The zero-order valence-electron chi connectivity index (χ0n) is 15.6. The van der Waals surface area contributed by atoms with E-state index in [9.17, 15) is 9.59 Å². The number of amides is 1. The molecule has 1 saturated heterocycles. The van der Waals surface area contributed by atoms with Gasteiger partial charge in [-0.05, 0) is 47.5 Å². The van der Waals surface area contributed by atoms with Crippen molar-refractivity contribution in [1.29, 1.82) is 0 Å². The van der Waals surface area contributed by atoms with Gasteiger partial charge in [0.05, 0.1) is 18.6 Å². The lowest BCUT2D eigenvalue weighted by molar-refractivity contribution is -0.149. The second kappa shape index (κ2) is 6.04. The third kappa shape index (κ3) is 3.50. The molecule has 1 unspecified atom stereocenters. The van der Waals surface area contributed by atoms with Crippen molar-refractivity contribution < 1.29 is 19.1 Å². The summed E-state index contributed by atoms with van der Waals surface area (Å²) in [6.45, 7) is 10.2. The maximum atomic E-state index is 12.7. The molecular formula is C18H27N3O4. The van der Waals surface area contributed by atoms with Crippen LogP contribution < -0.4 is 0 Å². The standard InChI is InChI=1S/C18H27N3O4/c1-6-24-15(22)13-7-18(10-20-9-12(2)19-11-20)8-14(18)21(13)16(23)25-17(3,4)5/h9,11,13-14H,6-8,10H2,1-5H3/t13?,14-,18+/m1/s1. The number of nitrogens with zero attached hydrogens (tertiary/aromatic N) is 3. The molecule has 1 aromatic rings. The number of likely N-dealkylation sites (tertiary alicyclic amines) is 1. The monoisotopic (exact) mass is 349 g/mol. The molecule has 0 spiro atoms. The minimum absolute atomic E-state index is 0.0134. The van der Waals surface area contributed by atoms with E-state index < -0.39 is 17.7 Å². The van der Waals surface area contributed by atoms with Gasteiger partial charge in [-0.3, -0.25) is 4.90 Å². The van der Waals surface area contributed by atoms with Crippen molar-refractivity contribution in [3.63, 3.8) is 0 Å². The largest absolute Gasteiger partial charge is 0.464 e. The normalized spacial score (nSPS) is 27.8. The maximum Gasteiger partial charge on any atom is 0.411 e. The minimum Gasteiger partial charge on any atom is -0.464 e. The molecule has 1 aliphatic heterocycles. The fraction of sp³-hybridized carbons (Fsp3) is 0.722. The number of aromatic nitrogens is 2. The fourth-order valence-corrected chi connectivity index (χ4v) is 3.80. The molecule has 2 aliphatic rings. The van der Waals surface area contributed by atoms with Gasteiger partial charge in [-0.15, -0.1) is 0 Å². The molecule has 0 N–H and O–H groups in total. The summed E-state index contributed by atoms with van der Waals surface area (Å²) < 4.78 is 12.8. The number of imidazole rings is 1. The van der Waals surface area contributed by atoms with E-state index in [-0.39, 0.29) is 17.4 Å². The van der Waals surface area contributed by atoms with Crippen LogP contribution in [0.15, 0.2) is 12.5 Å². The summed E-state index contributed by atoms with van der Waals surface area (Å²) in [7, 11) is 0. The van der Waals surface area contributed by atoms with E-state index in [1.165, 1.54) is 0 Å². The number of aryl methyl sites for hydroxylation is 1. The smallest absolute Gasteiger partial charge is 0.411 e. The molecule has 2 heterocycles. The van der Waals surface area contributed by atoms with E-state index in [1.807, 2.05) is 38.5 Å². The average molecular weight is 349 g/mol. The second-order valence-electron chi connectivity index (χ2n) is 8.13. The highest BCUT2D eigenvalue weighted by Gasteiger charge is 2.68. The first-order valence-electron chi connectivity index (χ1n) is 8.81. The predicted molar refractivity (Wildman–Crippen MR) is 90.9 cm³/mol. The number of carbonyl (C=O) groups excluding carboxylic acids is 2. The van der Waals surface area contributed by atoms with Crippen molar-refractivity contribution >= 4 is 12.1 Å². The number of hydrogen-bond acceptors (Lipinski definition) is 5. The molecule has 7 heteroatoms. The minimum atomic E-state index is -0.599. The van der Waals surface area contributed by atoms with Crippen molar-refractivity contribution in [3.8, 4) is 0 Å². The molecular weight excluding hydrogens is 322 g/mol. The topological polar surface area (TPSA) is 73.7 Å². The summed E-state index contributed by atoms with van der Waals surface area (Å²) in [6.07, 6.45) is 4.83. The lowest BCUT2D eigenvalue weighted by Gasteiger charge is -2.29. The maximum absolute atomic E-state index is 12.7. The Balaban J connectivity index is 1.80. The van der Waals surface area contributed by atoms with Crippen LogP contribution in [0.5, 0.6) is 0 Å². The summed E-state index contributed by atoms with van der Waals surface area (Å²) in [5, 5.41) is 0. The first kappa shape index (κ1) is 17.8. The van der Waals surface area contributed by atoms with Gasteiger partial charge in [0.25, 0.3) is 0 Å². The Hall–Kier alpha value is -2.05. The van der Waals surface area contributed by atoms with Crippen molar-refractivity contribution in [2.75, 3.05) is 6.61 Å². The number of hydrogen-bond donors (Lipinski definition) is 0. The van der Waals surface area contributed by atoms with E-state index in [4.69, 9.17) is 9.47 Å². The number of carbonyl (C=O) groups is 2. The van der Waals surface area contributed by atoms with Gasteiger partial charge in [0.15, 0.2) is 0 Å². The van der Waals surface area contributed by atoms with Crippen LogP contribution in [-0.2, 0) is 20.8 Å². The molecule has 1 saturated carbocycles. The lowest BCUT2D eigenvalue weighted by Crippen LogP contribution is -2.46. The summed E-state index contributed by atoms with van der Waals surface area (Å²) >= 11 is 0. The molecule has 1 aliphatic carbocycles. The number of rotatable bonds is 4. The molecule has 2 fully saturated rings. The summed E-state index contributed by atoms with van der Waals surface area (Å²) in [5.41, 5.74) is 0.261. The average Bonchev–Trinajstić information content (AvgIpc) is 2.84. The van der Waals surface area contributed by atoms with Crippen LogP contribution >= 0.6 is 0 Å². The molecule has 0 radical (unpaired) electrons. The molecule has 1 aromatic heterocycles. The van der Waals surface area contributed by atoms with Gasteiger partial charge in [-0.1, -0.05) is 0 Å². The van der Waals surface area contributed by atoms with E-state index in [0.717, 1.165) is 18.7 Å². The van der Waals surface area contributed by atoms with Crippen LogP contribution in [0, 0.1) is 12.3 Å². The van der Waals surface area contributed by atoms with E-state index >= 15 is 0 Å². The molecule has 1 amide bonds. The van der Waals surface area contributed by atoms with Gasteiger partial charge in [-0.2, -0.15) is 0 Å². The Morgan fingerprint density at radius 3 is 2.64 bits per heavy atom. The molecule has 3 atom stereocenters. The summed E-state index contributed by atoms with van der Waals surface area (Å²) in [5.74, 6) is -0.346. The zero-order chi connectivity index (χ0) is 18.4. The Labute approximate surface area is 148 Å². The van der Waals surface area contributed by atoms with Crippen LogP contribution in [0.25, 0.3) is 0 Å². The Kier molecular flexibility index (Phi) is 4.29. The number of ether oxygens (including phenoxy) is 2. The summed E-state index contributed by atoms with van der Waals surface area (Å²) in [4.78, 5) is 31.0. The van der Waals surface area contributed by atoms with Crippen molar-refractivity contribution in [3.05, 3.63) is 18.2 Å². The Bertz CT molecular complexity index is 678. The number of fused-ring (bicyclic) bond motifs is 1. The van der Waals surface area contributed by atoms with Gasteiger partial charge in [-0.25, -0.2) is 14.6 Å². The van der Waals surface area contributed by atoms with Gasteiger partial charge in [0.1, 0.15) is 11.6 Å². The highest BCUT2D eigenvalue weighted by molar-refractivity contribution is 5.83. The van der Waals surface area contributed by atoms with Crippen LogP contribution in [0.3, 0.4) is 0 Å². The third-order valence-corrected chi connectivity index (χ3v) is 4.84. The first-order chi connectivity index (χ1) is 11.6. The van der Waals surface area contributed by atoms with E-state index in [2.05, 4.69) is 4.98 Å². The van der Waals surface area contributed by atoms with E-state index in [1.54, 1.807) is 18.2 Å². The van der Waals surface area contributed by atoms with Crippen LogP contribution in [-0.4, -0.2) is 50.8 Å². The lowest BCUT2D eigenvalue weighted by atomic mass is 9.99. The van der Waals surface area contributed by atoms with Crippen molar-refractivity contribution in [1.82, 2.24) is 14.5 Å². The molecule has 7 nitrogen and oxygen atoms in total. The second-order valence-corrected chi connectivity index (χ2v) is 8.13. The zero-order valence-corrected chi connectivity index (χ0v) is 15.6. The van der Waals surface area contributed by atoms with E-state index in [0.29, 0.717) is 13.0 Å². The molecule has 138 valence electrons. The van der Waals surface area contributed by atoms with Gasteiger partial charge < -0.3 is 14.0 Å². The first-order valence-corrected chi connectivity index (χ1v) is 8.81. The fourth-order valence-electron chi connectivity index (χ4n) is 3.80. The van der Waals surface area contributed by atoms with Crippen molar-refractivity contribution in [2.45, 2.75) is 71.7 Å². The number of piperidine rings is 1. The number of esters is 1. The van der Waals surface area contributed by atoms with Gasteiger partial charge in [0, 0.05) is 24.2 Å². The predicted octanol–water partition coefficient (Wildman–Crippen LogP) is 2.52. The third-order valence-electron chi connectivity index (χ3n) is 4.84. The quantitative estimate of drug-likeness (QED) is 0.781.